The largest absolute Gasteiger partial charge is 0.444 e. The van der Waals surface area contributed by atoms with Crippen LogP contribution in [0.15, 0.2) is 85.5 Å². The van der Waals surface area contributed by atoms with Crippen molar-refractivity contribution in [3.63, 3.8) is 0 Å². The summed E-state index contributed by atoms with van der Waals surface area (Å²) in [4.78, 5) is 37.3. The van der Waals surface area contributed by atoms with E-state index in [0.29, 0.717) is 141 Å². The van der Waals surface area contributed by atoms with E-state index in [0.717, 1.165) is 100 Å². The van der Waals surface area contributed by atoms with Gasteiger partial charge in [-0.2, -0.15) is 15.8 Å². The molecule has 9 heterocycles. The number of rotatable bonds is 22. The highest BCUT2D eigenvalue weighted by atomic mass is 32.2. The average Bonchev–Trinajstić information content (AvgIpc) is 0.611. The number of anilines is 4. The third-order valence-electron chi connectivity index (χ3n) is 20.3. The number of thioether (sulfide) groups is 4. The van der Waals surface area contributed by atoms with Crippen LogP contribution in [-0.4, -0.2) is 153 Å². The van der Waals surface area contributed by atoms with Crippen molar-refractivity contribution in [2.75, 3.05) is 89.1 Å². The molecule has 106 heavy (non-hydrogen) atoms. The Hall–Kier alpha value is -6.44. The number of aryl methyl sites for hydroxylation is 3. The van der Waals surface area contributed by atoms with Crippen LogP contribution in [-0.2, 0) is 115 Å². The van der Waals surface area contributed by atoms with Crippen LogP contribution in [0.5, 0.6) is 0 Å². The number of carbonyl (C=O) groups excluding carboxylic acids is 1. The molecule has 1 amide bonds. The van der Waals surface area contributed by atoms with Gasteiger partial charge in [-0.15, -0.1) is 47.0 Å². The Morgan fingerprint density at radius 3 is 1.31 bits per heavy atom. The molecule has 9 atom stereocenters. The zero-order valence-corrected chi connectivity index (χ0v) is 68.2. The van der Waals surface area contributed by atoms with Crippen LogP contribution in [0.3, 0.4) is 0 Å². The average molecular weight is 1530 g/mol. The van der Waals surface area contributed by atoms with Gasteiger partial charge in [-0.1, -0.05) is 24.3 Å². The molecule has 6 aliphatic heterocycles. The standard InChI is InChI=1S/C82H102N10O9S5/c1-49-40-90(41-50(2)98-49)72-69-46-95-80(10,11)34-63(69)66(37-83)75(87-72)104-24-21-56-26-58(29-61(28-56)102-14)32-81(12)35-64-68(39-85)77(89-74(70(64)47-96-81)92-44-53(5)100-54(6)45-92)105-25-22-57-27-59(31-62(30-57)106(15)94)33-82(13)36-65-67(38-84)76(88-73(71(65)48-97-82)91-42-51(3)99-52(4)43-91)103-23-20-55-16-18-60(19-17-55)86-78(93)101-79(7,8)9/h16-19,26-31,49-54H,20-25,32-36,40-48H2,1-15H3,(H,86,93). The van der Waals surface area contributed by atoms with E-state index in [1.807, 2.05) is 57.2 Å². The number of hydrogen-bond acceptors (Lipinski definition) is 22. The lowest BCUT2D eigenvalue weighted by atomic mass is 9.83. The number of pyridine rings is 3. The molecular formula is C82H102N10O9S5. The van der Waals surface area contributed by atoms with Crippen LogP contribution in [0.4, 0.5) is 27.9 Å². The first-order valence-electron chi connectivity index (χ1n) is 37.1. The number of benzene rings is 3. The second-order valence-electron chi connectivity index (χ2n) is 31.7. The minimum Gasteiger partial charge on any atom is -0.444 e. The molecule has 1 N–H and O–H groups in total. The molecule has 3 fully saturated rings. The van der Waals surface area contributed by atoms with Gasteiger partial charge < -0.3 is 47.9 Å². The molecular weight excluding hydrogens is 1430 g/mol. The Labute approximate surface area is 646 Å². The van der Waals surface area contributed by atoms with Gasteiger partial charge in [-0.3, -0.25) is 9.53 Å². The van der Waals surface area contributed by atoms with Gasteiger partial charge in [0.15, 0.2) is 0 Å². The third-order valence-corrected chi connectivity index (χ3v) is 24.8. The van der Waals surface area contributed by atoms with E-state index >= 15 is 0 Å². The van der Waals surface area contributed by atoms with Crippen molar-refractivity contribution in [2.24, 2.45) is 0 Å². The summed E-state index contributed by atoms with van der Waals surface area (Å²) in [7, 11) is -1.30. The van der Waals surface area contributed by atoms with Crippen molar-refractivity contribution in [1.29, 1.82) is 15.8 Å². The highest BCUT2D eigenvalue weighted by molar-refractivity contribution is 7.99. The Morgan fingerprint density at radius 2 is 0.915 bits per heavy atom. The molecule has 0 saturated carbocycles. The monoisotopic (exact) mass is 1530 g/mol. The van der Waals surface area contributed by atoms with E-state index in [1.165, 1.54) is 5.56 Å². The van der Waals surface area contributed by atoms with Crippen molar-refractivity contribution in [1.82, 2.24) is 15.0 Å². The van der Waals surface area contributed by atoms with E-state index in [1.54, 1.807) is 53.3 Å². The molecule has 6 aliphatic rings. The normalized spacial score (nSPS) is 23.9. The minimum absolute atomic E-state index is 0.0202. The summed E-state index contributed by atoms with van der Waals surface area (Å²) in [6.45, 7) is 31.5. The van der Waals surface area contributed by atoms with Gasteiger partial charge in [0.25, 0.3) is 0 Å². The molecule has 24 heteroatoms. The predicted octanol–water partition coefficient (Wildman–Crippen LogP) is 15.1. The van der Waals surface area contributed by atoms with Gasteiger partial charge >= 0.3 is 6.09 Å². The Balaban J connectivity index is 0.766. The highest BCUT2D eigenvalue weighted by Gasteiger charge is 2.42. The van der Waals surface area contributed by atoms with E-state index in [-0.39, 0.29) is 43.2 Å². The third kappa shape index (κ3) is 19.2. The summed E-state index contributed by atoms with van der Waals surface area (Å²) >= 11 is 6.53. The van der Waals surface area contributed by atoms with Crippen molar-refractivity contribution < 1.29 is 42.2 Å². The Bertz CT molecular complexity index is 4390. The van der Waals surface area contributed by atoms with Crippen molar-refractivity contribution in [2.45, 2.75) is 245 Å². The maximum Gasteiger partial charge on any atom is 0.412 e. The number of carbonyl (C=O) groups is 1. The number of morpholine rings is 3. The number of fused-ring (bicyclic) bond motifs is 3. The van der Waals surface area contributed by atoms with Crippen molar-refractivity contribution in [3.05, 3.63) is 139 Å². The van der Waals surface area contributed by atoms with Gasteiger partial charge in [0.2, 0.25) is 0 Å². The lowest BCUT2D eigenvalue weighted by Crippen LogP contribution is -2.47. The number of nitrogens with one attached hydrogen (secondary N) is 1. The first-order valence-corrected chi connectivity index (χ1v) is 42.8. The van der Waals surface area contributed by atoms with E-state index in [2.05, 4.69) is 138 Å². The van der Waals surface area contributed by atoms with E-state index in [4.69, 9.17) is 48.1 Å². The first kappa shape index (κ1) is 79.1. The topological polar surface area (TPSA) is 231 Å². The molecule has 3 aromatic heterocycles. The zero-order chi connectivity index (χ0) is 75.6. The van der Waals surface area contributed by atoms with Crippen molar-refractivity contribution >= 4 is 87.1 Å². The maximum absolute atomic E-state index is 13.6. The second kappa shape index (κ2) is 33.4. The Morgan fingerprint density at radius 1 is 0.547 bits per heavy atom. The van der Waals surface area contributed by atoms with Gasteiger partial charge in [-0.25, -0.2) is 19.7 Å². The molecule has 19 nitrogen and oxygen atoms in total. The molecule has 3 saturated heterocycles. The van der Waals surface area contributed by atoms with Crippen LogP contribution in [0.1, 0.15) is 168 Å². The molecule has 0 radical (unpaired) electrons. The fourth-order valence-corrected chi connectivity index (χ4v) is 20.0. The van der Waals surface area contributed by atoms with Crippen molar-refractivity contribution in [3.8, 4) is 18.2 Å². The number of nitriles is 3. The number of ether oxygens (including phenoxy) is 7. The number of nitrogens with zero attached hydrogens (tertiary/aromatic N) is 9. The summed E-state index contributed by atoms with van der Waals surface area (Å²) in [6, 6.07) is 28.7. The number of hydrogen-bond donors (Lipinski definition) is 1. The molecule has 6 aromatic rings. The maximum atomic E-state index is 13.6. The smallest absolute Gasteiger partial charge is 0.412 e. The van der Waals surface area contributed by atoms with E-state index in [9.17, 15) is 24.8 Å². The highest BCUT2D eigenvalue weighted by Crippen LogP contribution is 2.45. The van der Waals surface area contributed by atoms with Crippen LogP contribution >= 0.6 is 47.0 Å². The lowest BCUT2D eigenvalue weighted by molar-refractivity contribution is -0.0542. The Kier molecular flexibility index (Phi) is 24.9. The molecule has 0 spiro atoms. The molecule has 12 rings (SSSR count). The summed E-state index contributed by atoms with van der Waals surface area (Å²) in [5.74, 6) is 4.56. The SMILES string of the molecule is CSc1cc(CCSc2nc(N3CC(C)OC(C)C3)c3c(c2C#N)CC(C)(C)OC3)cc(CC2(C)Cc3c(C#N)c(SCCc4cc(CC5(C)Cc6c(C#N)c(SCCc7ccc(NC(=O)OC(C)(C)C)cc7)nc(N7CC(C)OC(C)C7)c6CO5)cc(S(C)=O)c4)nc(N4CC(C)OC(C)C4)c3CO2)c1. The molecule has 9 unspecified atom stereocenters. The summed E-state index contributed by atoms with van der Waals surface area (Å²) in [5.41, 5.74) is 11.3. The van der Waals surface area contributed by atoms with Crippen LogP contribution in [0.2, 0.25) is 0 Å². The first-order chi connectivity index (χ1) is 50.4. The minimum atomic E-state index is -1.30. The molecule has 0 bridgehead atoms. The summed E-state index contributed by atoms with van der Waals surface area (Å²) in [5, 5.41) is 38.2. The molecule has 564 valence electrons. The quantitative estimate of drug-likeness (QED) is 0.0623. The molecule has 0 aliphatic carbocycles. The molecule has 3 aromatic carbocycles. The van der Waals surface area contributed by atoms with E-state index < -0.39 is 39.3 Å². The van der Waals surface area contributed by atoms with Crippen LogP contribution in [0, 0.1) is 34.0 Å². The van der Waals surface area contributed by atoms with Gasteiger partial charge in [0.05, 0.1) is 89.9 Å². The predicted molar refractivity (Wildman–Crippen MR) is 424 cm³/mol. The summed E-state index contributed by atoms with van der Waals surface area (Å²) in [6.07, 6.45) is 8.14. The summed E-state index contributed by atoms with van der Waals surface area (Å²) < 4.78 is 58.0. The van der Waals surface area contributed by atoms with Crippen LogP contribution in [0.25, 0.3) is 0 Å². The van der Waals surface area contributed by atoms with Gasteiger partial charge in [-0.05, 0) is 196 Å². The zero-order valence-electron chi connectivity index (χ0n) is 64.1. The van der Waals surface area contributed by atoms with Crippen LogP contribution < -0.4 is 20.0 Å². The lowest BCUT2D eigenvalue weighted by Gasteiger charge is -2.41. The van der Waals surface area contributed by atoms with Gasteiger partial charge in [0.1, 0.15) is 56.3 Å². The number of aromatic nitrogens is 3. The van der Waals surface area contributed by atoms with Gasteiger partial charge in [0, 0.05) is 138 Å². The fraction of sp³-hybridized carbons (Fsp3) is 0.549. The fourth-order valence-electron chi connectivity index (χ4n) is 15.8. The second-order valence-corrected chi connectivity index (χ2v) is 37.2. The number of amides is 1.